The highest BCUT2D eigenvalue weighted by atomic mass is 16.5. The number of quaternary nitrogens is 1. The molecule has 4 unspecified atom stereocenters. The van der Waals surface area contributed by atoms with Gasteiger partial charge in [-0.25, -0.2) is 19.2 Å². The minimum atomic E-state index is -0.634. The second kappa shape index (κ2) is 7.70. The molecule has 0 radical (unpaired) electrons. The fourth-order valence-corrected chi connectivity index (χ4v) is 5.87. The third kappa shape index (κ3) is 2.94. The number of ether oxygens (including phenoxy) is 1. The number of Topliss-reactive ketones (excluding diaryl/α,β-unsaturated/α-hetero) is 1. The Bertz CT molecular complexity index is 1460. The van der Waals surface area contributed by atoms with E-state index in [9.17, 15) is 19.6 Å². The van der Waals surface area contributed by atoms with Crippen LogP contribution in [0.2, 0.25) is 0 Å². The standard InChI is InChI=1S/C26H22N5O4/c1-35-17-6-4-5-16(9-17)10-24(32)22-13-29-14-23-25(33)30(26(34)31(22,23)15-29)21-12-28-20(11-27)18-7-2-3-8-19(18)21/h2-9,12,22-23H,10,13-15H2,1H3/q+1. The van der Waals surface area contributed by atoms with Crippen molar-refractivity contribution in [3.05, 3.63) is 66.0 Å². The van der Waals surface area contributed by atoms with E-state index in [0.717, 1.165) is 5.56 Å². The zero-order valence-electron chi connectivity index (χ0n) is 19.0. The van der Waals surface area contributed by atoms with E-state index >= 15 is 0 Å². The number of carbonyl (C=O) groups is 3. The second-order valence-corrected chi connectivity index (χ2v) is 9.24. The lowest BCUT2D eigenvalue weighted by Gasteiger charge is -2.32. The van der Waals surface area contributed by atoms with Gasteiger partial charge in [0.25, 0.3) is 5.91 Å². The summed E-state index contributed by atoms with van der Waals surface area (Å²) < 4.78 is 5.07. The number of hydrogen-bond acceptors (Lipinski definition) is 7. The fraction of sp³-hybridized carbons (Fsp3) is 0.269. The van der Waals surface area contributed by atoms with Crippen molar-refractivity contribution in [2.75, 3.05) is 31.8 Å². The number of benzene rings is 2. The third-order valence-corrected chi connectivity index (χ3v) is 7.47. The van der Waals surface area contributed by atoms with Crippen LogP contribution in [0.4, 0.5) is 10.5 Å². The minimum Gasteiger partial charge on any atom is -0.497 e. The first-order chi connectivity index (χ1) is 17.0. The predicted molar refractivity (Wildman–Crippen MR) is 125 cm³/mol. The van der Waals surface area contributed by atoms with Gasteiger partial charge in [0.15, 0.2) is 17.9 Å². The quantitative estimate of drug-likeness (QED) is 0.418. The van der Waals surface area contributed by atoms with E-state index < -0.39 is 18.1 Å². The third-order valence-electron chi connectivity index (χ3n) is 7.47. The molecule has 3 saturated heterocycles. The number of aromatic nitrogens is 1. The number of urea groups is 1. The Morgan fingerprint density at radius 3 is 2.74 bits per heavy atom. The van der Waals surface area contributed by atoms with Crippen molar-refractivity contribution < 1.29 is 23.6 Å². The number of ketones is 1. The molecular weight excluding hydrogens is 446 g/mol. The maximum absolute atomic E-state index is 14.0. The molecule has 2 aromatic carbocycles. The van der Waals surface area contributed by atoms with Crippen LogP contribution in [0.5, 0.6) is 5.75 Å². The molecule has 1 aromatic heterocycles. The molecule has 2 bridgehead atoms. The first-order valence-electron chi connectivity index (χ1n) is 11.4. The van der Waals surface area contributed by atoms with Gasteiger partial charge in [0, 0.05) is 17.2 Å². The molecule has 4 heterocycles. The summed E-state index contributed by atoms with van der Waals surface area (Å²) in [6, 6.07) is 14.8. The average molecular weight is 468 g/mol. The molecule has 9 heteroatoms. The van der Waals surface area contributed by atoms with Gasteiger partial charge < -0.3 is 4.74 Å². The van der Waals surface area contributed by atoms with Crippen LogP contribution < -0.4 is 9.64 Å². The van der Waals surface area contributed by atoms with E-state index in [1.807, 2.05) is 29.2 Å². The molecule has 1 spiro atoms. The van der Waals surface area contributed by atoms with Crippen LogP contribution >= 0.6 is 0 Å². The number of pyridine rings is 1. The maximum atomic E-state index is 14.0. The number of fused-ring (bicyclic) bond motifs is 2. The summed E-state index contributed by atoms with van der Waals surface area (Å²) in [4.78, 5) is 48.6. The molecule has 0 aliphatic carbocycles. The van der Waals surface area contributed by atoms with Crippen molar-refractivity contribution in [1.82, 2.24) is 9.88 Å². The van der Waals surface area contributed by atoms with Gasteiger partial charge in [-0.2, -0.15) is 10.2 Å². The van der Waals surface area contributed by atoms with Crippen LogP contribution in [0.25, 0.3) is 10.8 Å². The maximum Gasteiger partial charge on any atom is 0.433 e. The lowest BCUT2D eigenvalue weighted by Crippen LogP contribution is -2.62. The van der Waals surface area contributed by atoms with E-state index in [1.165, 1.54) is 11.1 Å². The van der Waals surface area contributed by atoms with E-state index in [0.29, 0.717) is 42.0 Å². The molecule has 0 N–H and O–H groups in total. The van der Waals surface area contributed by atoms with Gasteiger partial charge in [-0.05, 0) is 17.7 Å². The molecule has 3 fully saturated rings. The number of imide groups is 1. The van der Waals surface area contributed by atoms with Gasteiger partial charge in [-0.15, -0.1) is 0 Å². The SMILES string of the molecule is COc1cccc(CC(=O)C2CN3CC4C(=O)N(c5cnc(C#N)c6ccccc56)C(=O)[N+]24C3)c1. The summed E-state index contributed by atoms with van der Waals surface area (Å²) in [7, 11) is 1.57. The summed E-state index contributed by atoms with van der Waals surface area (Å²) in [5, 5.41) is 10.6. The molecule has 3 aromatic rings. The van der Waals surface area contributed by atoms with Crippen molar-refractivity contribution >= 4 is 34.2 Å². The van der Waals surface area contributed by atoms with Crippen LogP contribution in [0.3, 0.4) is 0 Å². The number of hydrogen-bond donors (Lipinski definition) is 0. The Balaban J connectivity index is 1.38. The second-order valence-electron chi connectivity index (χ2n) is 9.24. The smallest absolute Gasteiger partial charge is 0.433 e. The summed E-state index contributed by atoms with van der Waals surface area (Å²) in [5.41, 5.74) is 1.39. The van der Waals surface area contributed by atoms with Gasteiger partial charge in [-0.3, -0.25) is 9.59 Å². The van der Waals surface area contributed by atoms with Crippen LogP contribution in [-0.4, -0.2) is 71.0 Å². The molecule has 3 amide bonds. The zero-order chi connectivity index (χ0) is 24.3. The van der Waals surface area contributed by atoms with Gasteiger partial charge in [0.1, 0.15) is 24.2 Å². The van der Waals surface area contributed by atoms with Crippen molar-refractivity contribution in [1.29, 1.82) is 5.26 Å². The summed E-state index contributed by atoms with van der Waals surface area (Å²) in [6.45, 7) is 1.21. The Hall–Kier alpha value is -4.13. The highest BCUT2D eigenvalue weighted by molar-refractivity contribution is 6.22. The van der Waals surface area contributed by atoms with E-state index in [1.54, 1.807) is 31.4 Å². The van der Waals surface area contributed by atoms with Crippen LogP contribution in [0.15, 0.2) is 54.7 Å². The van der Waals surface area contributed by atoms with Gasteiger partial charge in [0.05, 0.1) is 32.1 Å². The molecule has 4 atom stereocenters. The summed E-state index contributed by atoms with van der Waals surface area (Å²) in [5.74, 6) is 0.264. The van der Waals surface area contributed by atoms with Gasteiger partial charge in [0.2, 0.25) is 0 Å². The highest BCUT2D eigenvalue weighted by Crippen LogP contribution is 2.45. The first kappa shape index (κ1) is 21.4. The lowest BCUT2D eigenvalue weighted by molar-refractivity contribution is -0.852. The number of piperazine rings is 1. The Labute approximate surface area is 201 Å². The molecule has 0 saturated carbocycles. The molecule has 3 aliphatic rings. The minimum absolute atomic E-state index is 0.0729. The van der Waals surface area contributed by atoms with E-state index in [-0.39, 0.29) is 28.3 Å². The zero-order valence-corrected chi connectivity index (χ0v) is 19.0. The van der Waals surface area contributed by atoms with Gasteiger partial charge in [-0.1, -0.05) is 36.4 Å². The molecule has 6 rings (SSSR count). The van der Waals surface area contributed by atoms with Crippen molar-refractivity contribution in [3.63, 3.8) is 0 Å². The predicted octanol–water partition coefficient (Wildman–Crippen LogP) is 2.23. The van der Waals surface area contributed by atoms with Crippen LogP contribution in [0, 0.1) is 11.3 Å². The lowest BCUT2D eigenvalue weighted by atomic mass is 9.99. The molecule has 174 valence electrons. The van der Waals surface area contributed by atoms with Crippen LogP contribution in [-0.2, 0) is 16.0 Å². The summed E-state index contributed by atoms with van der Waals surface area (Å²) in [6.07, 6.45) is 1.57. The van der Waals surface area contributed by atoms with Crippen molar-refractivity contribution in [2.24, 2.45) is 0 Å². The normalized spacial score (nSPS) is 26.7. The van der Waals surface area contributed by atoms with Gasteiger partial charge >= 0.3 is 6.03 Å². The molecule has 3 aliphatic heterocycles. The van der Waals surface area contributed by atoms with E-state index in [2.05, 4.69) is 11.1 Å². The number of methoxy groups -OCH3 is 1. The number of carbonyl (C=O) groups excluding carboxylic acids is 3. The first-order valence-corrected chi connectivity index (χ1v) is 11.4. The largest absolute Gasteiger partial charge is 0.497 e. The Morgan fingerprint density at radius 2 is 1.97 bits per heavy atom. The highest BCUT2D eigenvalue weighted by Gasteiger charge is 2.73. The van der Waals surface area contributed by atoms with Crippen molar-refractivity contribution in [2.45, 2.75) is 18.5 Å². The molecule has 35 heavy (non-hydrogen) atoms. The topological polar surface area (TPSA) is 104 Å². The van der Waals surface area contributed by atoms with Crippen LogP contribution in [0.1, 0.15) is 11.3 Å². The molecular formula is C26H22N5O4+. The number of nitrogens with zero attached hydrogens (tertiary/aromatic N) is 5. The Kier molecular flexibility index (Phi) is 4.71. The monoisotopic (exact) mass is 468 g/mol. The molecule has 9 nitrogen and oxygen atoms in total. The van der Waals surface area contributed by atoms with Crippen molar-refractivity contribution in [3.8, 4) is 11.8 Å². The average Bonchev–Trinajstić information content (AvgIpc) is 3.52. The number of anilines is 1. The Morgan fingerprint density at radius 1 is 1.17 bits per heavy atom. The number of nitriles is 1. The number of amides is 3. The van der Waals surface area contributed by atoms with E-state index in [4.69, 9.17) is 4.74 Å². The fourth-order valence-electron chi connectivity index (χ4n) is 5.87. The summed E-state index contributed by atoms with van der Waals surface area (Å²) >= 11 is 0. The number of rotatable bonds is 5.